The van der Waals surface area contributed by atoms with E-state index >= 15 is 0 Å². The first-order valence-corrected chi connectivity index (χ1v) is 14.1. The number of nitrogens with zero attached hydrogens (tertiary/aromatic N) is 4. The molecule has 3 N–H and O–H groups in total. The molecule has 0 atom stereocenters. The Morgan fingerprint density at radius 2 is 1.56 bits per heavy atom. The van der Waals surface area contributed by atoms with Gasteiger partial charge in [-0.25, -0.2) is 4.39 Å². The van der Waals surface area contributed by atoms with Crippen LogP contribution in [0.4, 0.5) is 4.39 Å². The number of carbonyl (C=O) groups excluding carboxylic acids is 1. The number of carboxylic acid groups (broad SMARTS) is 1. The molecule has 2 heterocycles. The molecule has 3 aromatic carbocycles. The predicted molar refractivity (Wildman–Crippen MR) is 156 cm³/mol. The standard InChI is InChI=1S/C32H33FN4O6/c33-27-20-25(10-11-26(27)23-4-2-1-3-5-23)29-34-28(35-43-29)24-8-6-22(7-9-24)21-36-14-12-32(13-15-36,31(41)42)30(40)37(16-18-38)17-19-39/h1-11,20,38-39H,12-19,21H2,(H,41,42). The van der Waals surface area contributed by atoms with Crippen LogP contribution in [-0.4, -0.2) is 86.5 Å². The van der Waals surface area contributed by atoms with Crippen molar-refractivity contribution in [1.82, 2.24) is 19.9 Å². The van der Waals surface area contributed by atoms with Crippen molar-refractivity contribution in [2.75, 3.05) is 39.4 Å². The van der Waals surface area contributed by atoms with E-state index in [0.717, 1.165) is 16.7 Å². The van der Waals surface area contributed by atoms with Crippen molar-refractivity contribution in [3.63, 3.8) is 0 Å². The van der Waals surface area contributed by atoms with E-state index in [1.807, 2.05) is 54.6 Å². The summed E-state index contributed by atoms with van der Waals surface area (Å²) >= 11 is 0. The van der Waals surface area contributed by atoms with E-state index in [1.165, 1.54) is 11.0 Å². The zero-order chi connectivity index (χ0) is 30.4. The van der Waals surface area contributed by atoms with Gasteiger partial charge in [-0.1, -0.05) is 65.8 Å². The average Bonchev–Trinajstić information content (AvgIpc) is 3.52. The van der Waals surface area contributed by atoms with Gasteiger partial charge in [0.1, 0.15) is 11.2 Å². The molecule has 1 aromatic heterocycles. The van der Waals surface area contributed by atoms with E-state index in [-0.39, 0.29) is 50.9 Å². The fourth-order valence-electron chi connectivity index (χ4n) is 5.45. The van der Waals surface area contributed by atoms with Crippen LogP contribution in [0.25, 0.3) is 34.0 Å². The minimum Gasteiger partial charge on any atom is -0.480 e. The Labute approximate surface area is 248 Å². The normalized spacial score (nSPS) is 14.9. The number of benzene rings is 3. The number of aromatic nitrogens is 2. The Bertz CT molecular complexity index is 1550. The third-order valence-corrected chi connectivity index (χ3v) is 7.90. The van der Waals surface area contributed by atoms with Gasteiger partial charge in [-0.05, 0) is 36.1 Å². The van der Waals surface area contributed by atoms with Crippen LogP contribution in [-0.2, 0) is 16.1 Å². The van der Waals surface area contributed by atoms with E-state index < -0.39 is 17.3 Å². The van der Waals surface area contributed by atoms with Crippen LogP contribution >= 0.6 is 0 Å². The molecule has 0 bridgehead atoms. The number of aliphatic hydroxyl groups is 2. The molecule has 5 rings (SSSR count). The van der Waals surface area contributed by atoms with Gasteiger partial charge in [0.05, 0.1) is 13.2 Å². The second-order valence-electron chi connectivity index (χ2n) is 10.6. The van der Waals surface area contributed by atoms with Crippen molar-refractivity contribution < 1.29 is 33.8 Å². The molecule has 1 fully saturated rings. The van der Waals surface area contributed by atoms with Gasteiger partial charge in [0.15, 0.2) is 0 Å². The first-order chi connectivity index (χ1) is 20.8. The zero-order valence-corrected chi connectivity index (χ0v) is 23.5. The van der Waals surface area contributed by atoms with E-state index in [9.17, 15) is 29.3 Å². The number of amides is 1. The van der Waals surface area contributed by atoms with Crippen molar-refractivity contribution in [2.45, 2.75) is 19.4 Å². The Morgan fingerprint density at radius 3 is 2.16 bits per heavy atom. The molecule has 0 unspecified atom stereocenters. The largest absolute Gasteiger partial charge is 0.480 e. The van der Waals surface area contributed by atoms with E-state index in [0.29, 0.717) is 36.6 Å². The molecule has 0 radical (unpaired) electrons. The number of hydrogen-bond donors (Lipinski definition) is 3. The van der Waals surface area contributed by atoms with Crippen LogP contribution in [0.5, 0.6) is 0 Å². The fourth-order valence-corrected chi connectivity index (χ4v) is 5.45. The molecule has 1 amide bonds. The molecule has 0 spiro atoms. The maximum Gasteiger partial charge on any atom is 0.319 e. The number of aliphatic carboxylic acids is 1. The zero-order valence-electron chi connectivity index (χ0n) is 23.5. The van der Waals surface area contributed by atoms with Gasteiger partial charge >= 0.3 is 5.97 Å². The Balaban J connectivity index is 1.22. The molecule has 4 aromatic rings. The van der Waals surface area contributed by atoms with E-state index in [1.54, 1.807) is 12.1 Å². The van der Waals surface area contributed by atoms with Gasteiger partial charge in [-0.15, -0.1) is 0 Å². The van der Waals surface area contributed by atoms with Crippen molar-refractivity contribution in [1.29, 1.82) is 0 Å². The fraction of sp³-hybridized carbons (Fsp3) is 0.312. The minimum atomic E-state index is -1.58. The second-order valence-corrected chi connectivity index (χ2v) is 10.6. The summed E-state index contributed by atoms with van der Waals surface area (Å²) in [6, 6.07) is 21.7. The highest BCUT2D eigenvalue weighted by molar-refractivity contribution is 6.02. The molecular weight excluding hydrogens is 555 g/mol. The quantitative estimate of drug-likeness (QED) is 0.224. The highest BCUT2D eigenvalue weighted by Gasteiger charge is 2.49. The lowest BCUT2D eigenvalue weighted by Crippen LogP contribution is -2.55. The summed E-state index contributed by atoms with van der Waals surface area (Å²) in [7, 11) is 0. The summed E-state index contributed by atoms with van der Waals surface area (Å²) in [5, 5.41) is 32.6. The molecule has 43 heavy (non-hydrogen) atoms. The van der Waals surface area contributed by atoms with Crippen LogP contribution in [0.2, 0.25) is 0 Å². The van der Waals surface area contributed by atoms with Gasteiger partial charge < -0.3 is 24.7 Å². The Morgan fingerprint density at radius 1 is 0.907 bits per heavy atom. The number of likely N-dealkylation sites (tertiary alicyclic amines) is 1. The van der Waals surface area contributed by atoms with E-state index in [4.69, 9.17) is 4.52 Å². The highest BCUT2D eigenvalue weighted by Crippen LogP contribution is 2.35. The van der Waals surface area contributed by atoms with Gasteiger partial charge in [-0.2, -0.15) is 4.98 Å². The molecule has 1 aliphatic rings. The van der Waals surface area contributed by atoms with Crippen LogP contribution in [0, 0.1) is 11.2 Å². The van der Waals surface area contributed by atoms with E-state index in [2.05, 4.69) is 15.0 Å². The third-order valence-electron chi connectivity index (χ3n) is 7.90. The third kappa shape index (κ3) is 6.48. The summed E-state index contributed by atoms with van der Waals surface area (Å²) < 4.78 is 20.3. The Hall–Kier alpha value is -4.45. The van der Waals surface area contributed by atoms with Crippen molar-refractivity contribution in [3.8, 4) is 34.0 Å². The lowest BCUT2D eigenvalue weighted by atomic mass is 9.77. The molecule has 10 nitrogen and oxygen atoms in total. The van der Waals surface area contributed by atoms with Gasteiger partial charge in [0.2, 0.25) is 11.7 Å². The summed E-state index contributed by atoms with van der Waals surface area (Å²) in [5.41, 5.74) is 1.87. The summed E-state index contributed by atoms with van der Waals surface area (Å²) in [5.74, 6) is -1.56. The van der Waals surface area contributed by atoms with Crippen LogP contribution in [0.1, 0.15) is 18.4 Å². The predicted octanol–water partition coefficient (Wildman–Crippen LogP) is 3.69. The van der Waals surface area contributed by atoms with Gasteiger partial charge in [0.25, 0.3) is 5.89 Å². The molecule has 11 heteroatoms. The lowest BCUT2D eigenvalue weighted by molar-refractivity contribution is -0.165. The van der Waals surface area contributed by atoms with Crippen LogP contribution in [0.3, 0.4) is 0 Å². The monoisotopic (exact) mass is 588 g/mol. The number of aliphatic hydroxyl groups excluding tert-OH is 2. The number of piperidine rings is 1. The maximum atomic E-state index is 14.8. The molecule has 224 valence electrons. The summed E-state index contributed by atoms with van der Waals surface area (Å²) in [6.45, 7) is 0.697. The Kier molecular flexibility index (Phi) is 9.24. The SMILES string of the molecule is O=C(O)C1(C(=O)N(CCO)CCO)CCN(Cc2ccc(-c3noc(-c4ccc(-c5ccccc5)c(F)c4)n3)cc2)CC1. The van der Waals surface area contributed by atoms with Crippen molar-refractivity contribution in [2.24, 2.45) is 5.41 Å². The van der Waals surface area contributed by atoms with Crippen LogP contribution in [0.15, 0.2) is 77.3 Å². The highest BCUT2D eigenvalue weighted by atomic mass is 19.1. The maximum absolute atomic E-state index is 14.8. The second kappa shape index (κ2) is 13.2. The number of halogens is 1. The lowest BCUT2D eigenvalue weighted by Gasteiger charge is -2.40. The molecule has 1 saturated heterocycles. The summed E-state index contributed by atoms with van der Waals surface area (Å²) in [6.07, 6.45) is 0.260. The van der Waals surface area contributed by atoms with Gasteiger partial charge in [0, 0.05) is 49.4 Å². The first-order valence-electron chi connectivity index (χ1n) is 14.1. The topological polar surface area (TPSA) is 140 Å². The minimum absolute atomic E-state index is 0.0240. The van der Waals surface area contributed by atoms with Crippen molar-refractivity contribution in [3.05, 3.63) is 84.2 Å². The molecule has 0 aliphatic carbocycles. The first kappa shape index (κ1) is 30.0. The smallest absolute Gasteiger partial charge is 0.319 e. The molecule has 1 aliphatic heterocycles. The average molecular weight is 589 g/mol. The number of carbonyl (C=O) groups is 2. The van der Waals surface area contributed by atoms with Crippen LogP contribution < -0.4 is 0 Å². The summed E-state index contributed by atoms with van der Waals surface area (Å²) in [4.78, 5) is 33.1. The molecule has 0 saturated carbocycles. The number of hydrogen-bond acceptors (Lipinski definition) is 8. The molecular formula is C32H33FN4O6. The van der Waals surface area contributed by atoms with Gasteiger partial charge in [-0.3, -0.25) is 14.5 Å². The van der Waals surface area contributed by atoms with Crippen molar-refractivity contribution >= 4 is 11.9 Å². The number of carboxylic acids is 1. The number of rotatable bonds is 11.